The number of rotatable bonds is 2. The Morgan fingerprint density at radius 1 is 1.50 bits per heavy atom. The molecule has 0 spiro atoms. The van der Waals surface area contributed by atoms with Gasteiger partial charge in [0.1, 0.15) is 6.10 Å². The molecule has 0 aliphatic carbocycles. The Balaban J connectivity index is 2.66. The summed E-state index contributed by atoms with van der Waals surface area (Å²) in [4.78, 5) is 12.9. The molecule has 14 heavy (non-hydrogen) atoms. The molecule has 0 aromatic heterocycles. The highest BCUT2D eigenvalue weighted by atomic mass is 16.6. The second-order valence-corrected chi connectivity index (χ2v) is 5.10. The third-order valence-electron chi connectivity index (χ3n) is 2.52. The molecule has 1 fully saturated rings. The number of amides is 1. The van der Waals surface area contributed by atoms with E-state index in [9.17, 15) is 4.79 Å². The van der Waals surface area contributed by atoms with Gasteiger partial charge in [0.2, 0.25) is 0 Å². The van der Waals surface area contributed by atoms with Crippen molar-refractivity contribution in [2.75, 3.05) is 13.6 Å². The lowest BCUT2D eigenvalue weighted by molar-refractivity contribution is 0.102. The Bertz CT molecular complexity index is 223. The van der Waals surface area contributed by atoms with Crippen LogP contribution in [0.15, 0.2) is 0 Å². The second-order valence-electron chi connectivity index (χ2n) is 5.10. The van der Waals surface area contributed by atoms with Gasteiger partial charge in [-0.25, -0.2) is 4.79 Å². The number of carbonyl (C=O) groups excluding carboxylic acids is 1. The zero-order valence-corrected chi connectivity index (χ0v) is 9.41. The largest absolute Gasteiger partial charge is 0.444 e. The van der Waals surface area contributed by atoms with Crippen LogP contribution in [0.1, 0.15) is 27.2 Å². The molecule has 1 amide bonds. The molecule has 2 N–H and O–H groups in total. The van der Waals surface area contributed by atoms with E-state index in [-0.39, 0.29) is 23.7 Å². The maximum atomic E-state index is 11.3. The fraction of sp³-hybridized carbons (Fsp3) is 0.900. The molecule has 0 aromatic rings. The standard InChI is InChI=1S/C10H20N2O2/c1-10(2,3)5-8-7(6-11)12(4)9(13)14-8/h7-8H,5-6,11H2,1-4H3. The molecule has 1 saturated heterocycles. The topological polar surface area (TPSA) is 55.6 Å². The summed E-state index contributed by atoms with van der Waals surface area (Å²) in [6.45, 7) is 6.86. The van der Waals surface area contributed by atoms with E-state index in [1.54, 1.807) is 11.9 Å². The summed E-state index contributed by atoms with van der Waals surface area (Å²) < 4.78 is 5.26. The maximum Gasteiger partial charge on any atom is 0.410 e. The van der Waals surface area contributed by atoms with Crippen LogP contribution in [0.3, 0.4) is 0 Å². The van der Waals surface area contributed by atoms with Crippen LogP contribution in [-0.4, -0.2) is 36.7 Å². The minimum atomic E-state index is -0.255. The Labute approximate surface area is 85.4 Å². The first kappa shape index (κ1) is 11.3. The molecule has 4 nitrogen and oxygen atoms in total. The zero-order chi connectivity index (χ0) is 10.9. The van der Waals surface area contributed by atoms with Crippen LogP contribution in [0.2, 0.25) is 0 Å². The summed E-state index contributed by atoms with van der Waals surface area (Å²) in [7, 11) is 1.74. The highest BCUT2D eigenvalue weighted by Crippen LogP contribution is 2.29. The van der Waals surface area contributed by atoms with Gasteiger partial charge >= 0.3 is 6.09 Å². The van der Waals surface area contributed by atoms with E-state index in [1.165, 1.54) is 0 Å². The van der Waals surface area contributed by atoms with E-state index >= 15 is 0 Å². The molecular weight excluding hydrogens is 180 g/mol. The van der Waals surface area contributed by atoms with E-state index in [0.29, 0.717) is 6.54 Å². The third kappa shape index (κ3) is 2.38. The SMILES string of the molecule is CN1C(=O)OC(CC(C)(C)C)C1CN. The molecule has 4 heteroatoms. The molecule has 2 atom stereocenters. The predicted octanol–water partition coefficient (Wildman–Crippen LogP) is 1.20. The van der Waals surface area contributed by atoms with Crippen LogP contribution < -0.4 is 5.73 Å². The van der Waals surface area contributed by atoms with Crippen LogP contribution >= 0.6 is 0 Å². The van der Waals surface area contributed by atoms with Crippen molar-refractivity contribution in [1.82, 2.24) is 4.90 Å². The minimum absolute atomic E-state index is 0.0294. The summed E-state index contributed by atoms with van der Waals surface area (Å²) in [6, 6.07) is 0.0294. The first-order chi connectivity index (χ1) is 6.35. The van der Waals surface area contributed by atoms with Crippen molar-refractivity contribution < 1.29 is 9.53 Å². The van der Waals surface area contributed by atoms with Gasteiger partial charge in [0.05, 0.1) is 6.04 Å². The van der Waals surface area contributed by atoms with Gasteiger partial charge < -0.3 is 15.4 Å². The summed E-state index contributed by atoms with van der Waals surface area (Å²) in [5.74, 6) is 0. The normalized spacial score (nSPS) is 28.1. The van der Waals surface area contributed by atoms with Crippen molar-refractivity contribution in [2.45, 2.75) is 39.3 Å². The summed E-state index contributed by atoms with van der Waals surface area (Å²) in [6.07, 6.45) is 0.539. The number of nitrogens with two attached hydrogens (primary N) is 1. The summed E-state index contributed by atoms with van der Waals surface area (Å²) in [5, 5.41) is 0. The van der Waals surface area contributed by atoms with Gasteiger partial charge in [0, 0.05) is 13.6 Å². The van der Waals surface area contributed by atoms with E-state index in [1.807, 2.05) is 0 Å². The number of nitrogens with zero attached hydrogens (tertiary/aromatic N) is 1. The van der Waals surface area contributed by atoms with Crippen LogP contribution in [0.25, 0.3) is 0 Å². The van der Waals surface area contributed by atoms with Crippen molar-refractivity contribution in [3.05, 3.63) is 0 Å². The summed E-state index contributed by atoms with van der Waals surface area (Å²) >= 11 is 0. The van der Waals surface area contributed by atoms with Gasteiger partial charge in [0.25, 0.3) is 0 Å². The highest BCUT2D eigenvalue weighted by molar-refractivity contribution is 5.70. The predicted molar refractivity (Wildman–Crippen MR) is 54.9 cm³/mol. The molecule has 2 unspecified atom stereocenters. The highest BCUT2D eigenvalue weighted by Gasteiger charge is 2.40. The maximum absolute atomic E-state index is 11.3. The molecule has 1 aliphatic heterocycles. The lowest BCUT2D eigenvalue weighted by Gasteiger charge is -2.25. The lowest BCUT2D eigenvalue weighted by Crippen LogP contribution is -2.41. The smallest absolute Gasteiger partial charge is 0.410 e. The number of carbonyl (C=O) groups is 1. The molecule has 0 aromatic carbocycles. The molecule has 1 rings (SSSR count). The van der Waals surface area contributed by atoms with Crippen molar-refractivity contribution in [2.24, 2.45) is 11.1 Å². The van der Waals surface area contributed by atoms with Crippen molar-refractivity contribution in [1.29, 1.82) is 0 Å². The minimum Gasteiger partial charge on any atom is -0.444 e. The molecule has 82 valence electrons. The van der Waals surface area contributed by atoms with E-state index in [0.717, 1.165) is 6.42 Å². The molecular formula is C10H20N2O2. The number of hydrogen-bond donors (Lipinski definition) is 1. The van der Waals surface area contributed by atoms with Gasteiger partial charge in [-0.1, -0.05) is 20.8 Å². The van der Waals surface area contributed by atoms with E-state index in [4.69, 9.17) is 10.5 Å². The van der Waals surface area contributed by atoms with Gasteiger partial charge in [-0.3, -0.25) is 0 Å². The number of likely N-dealkylation sites (N-methyl/N-ethyl adjacent to an activating group) is 1. The molecule has 1 aliphatic rings. The molecule has 0 radical (unpaired) electrons. The first-order valence-corrected chi connectivity index (χ1v) is 4.98. The van der Waals surface area contributed by atoms with E-state index < -0.39 is 0 Å². The Morgan fingerprint density at radius 2 is 2.07 bits per heavy atom. The van der Waals surface area contributed by atoms with Crippen molar-refractivity contribution in [3.63, 3.8) is 0 Å². The average Bonchev–Trinajstić information content (AvgIpc) is 2.24. The quantitative estimate of drug-likeness (QED) is 0.728. The van der Waals surface area contributed by atoms with Gasteiger partial charge in [-0.2, -0.15) is 0 Å². The van der Waals surface area contributed by atoms with Crippen LogP contribution in [0.4, 0.5) is 4.79 Å². The second kappa shape index (κ2) is 3.77. The van der Waals surface area contributed by atoms with Gasteiger partial charge in [0.15, 0.2) is 0 Å². The lowest BCUT2D eigenvalue weighted by atomic mass is 9.87. The molecule has 1 heterocycles. The van der Waals surface area contributed by atoms with Crippen LogP contribution in [-0.2, 0) is 4.74 Å². The van der Waals surface area contributed by atoms with E-state index in [2.05, 4.69) is 20.8 Å². The van der Waals surface area contributed by atoms with Crippen LogP contribution in [0, 0.1) is 5.41 Å². The first-order valence-electron chi connectivity index (χ1n) is 4.98. The fourth-order valence-electron chi connectivity index (χ4n) is 1.77. The monoisotopic (exact) mass is 200 g/mol. The van der Waals surface area contributed by atoms with Crippen LogP contribution in [0.5, 0.6) is 0 Å². The Kier molecular flexibility index (Phi) is 3.04. The zero-order valence-electron chi connectivity index (χ0n) is 9.41. The fourth-order valence-corrected chi connectivity index (χ4v) is 1.77. The summed E-state index contributed by atoms with van der Waals surface area (Å²) in [5.41, 5.74) is 5.78. The average molecular weight is 200 g/mol. The Hall–Kier alpha value is -0.770. The number of cyclic esters (lactones) is 1. The van der Waals surface area contributed by atoms with Crippen molar-refractivity contribution >= 4 is 6.09 Å². The van der Waals surface area contributed by atoms with Gasteiger partial charge in [-0.05, 0) is 11.8 Å². The molecule has 0 bridgehead atoms. The number of hydrogen-bond acceptors (Lipinski definition) is 3. The number of ether oxygens (including phenoxy) is 1. The van der Waals surface area contributed by atoms with Crippen molar-refractivity contribution in [3.8, 4) is 0 Å². The molecule has 0 saturated carbocycles. The Morgan fingerprint density at radius 3 is 2.50 bits per heavy atom. The van der Waals surface area contributed by atoms with Gasteiger partial charge in [-0.15, -0.1) is 0 Å². The third-order valence-corrected chi connectivity index (χ3v) is 2.52.